The first kappa shape index (κ1) is 58.9. The SMILES string of the molecule is CC\C=C/C=C\C=C/C=C\CCCCCC(=O)OC(COC(=O)CCCCCCC/C=C\C=C/CCCCCCCCC)COC(=O)CCCCCCCCCCCCCCC. The zero-order valence-electron chi connectivity index (χ0n) is 40.6. The molecule has 0 heterocycles. The van der Waals surface area contributed by atoms with E-state index < -0.39 is 6.10 Å². The van der Waals surface area contributed by atoms with Crippen LogP contribution in [0.1, 0.15) is 245 Å². The van der Waals surface area contributed by atoms with E-state index in [9.17, 15) is 14.4 Å². The fourth-order valence-electron chi connectivity index (χ4n) is 7.15. The Morgan fingerprint density at radius 2 is 0.629 bits per heavy atom. The smallest absolute Gasteiger partial charge is 0.306 e. The van der Waals surface area contributed by atoms with Crippen molar-refractivity contribution >= 4 is 17.9 Å². The third-order valence-corrected chi connectivity index (χ3v) is 11.1. The lowest BCUT2D eigenvalue weighted by Gasteiger charge is -2.18. The summed E-state index contributed by atoms with van der Waals surface area (Å²) in [6, 6.07) is 0. The molecule has 0 aliphatic carbocycles. The van der Waals surface area contributed by atoms with Crippen molar-refractivity contribution in [1.29, 1.82) is 0 Å². The minimum atomic E-state index is -0.800. The summed E-state index contributed by atoms with van der Waals surface area (Å²) in [5.41, 5.74) is 0. The van der Waals surface area contributed by atoms with Crippen LogP contribution in [0.25, 0.3) is 0 Å². The van der Waals surface area contributed by atoms with Gasteiger partial charge in [-0.2, -0.15) is 0 Å². The molecule has 62 heavy (non-hydrogen) atoms. The Morgan fingerprint density at radius 1 is 0.339 bits per heavy atom. The number of carbonyl (C=O) groups excluding carboxylic acids is 3. The van der Waals surface area contributed by atoms with Gasteiger partial charge in [0.25, 0.3) is 0 Å². The number of hydrogen-bond donors (Lipinski definition) is 0. The van der Waals surface area contributed by atoms with Crippen molar-refractivity contribution in [3.05, 3.63) is 72.9 Å². The average molecular weight is 865 g/mol. The molecule has 0 aromatic rings. The van der Waals surface area contributed by atoms with Gasteiger partial charge >= 0.3 is 17.9 Å². The van der Waals surface area contributed by atoms with E-state index in [1.54, 1.807) is 0 Å². The summed E-state index contributed by atoms with van der Waals surface area (Å²) in [6.45, 7) is 6.45. The second kappa shape index (κ2) is 50.5. The molecule has 0 N–H and O–H groups in total. The number of ether oxygens (including phenoxy) is 3. The van der Waals surface area contributed by atoms with E-state index in [0.29, 0.717) is 19.3 Å². The Labute approximate surface area is 382 Å². The van der Waals surface area contributed by atoms with Gasteiger partial charge in [-0.05, 0) is 64.2 Å². The second-order valence-electron chi connectivity index (χ2n) is 17.2. The summed E-state index contributed by atoms with van der Waals surface area (Å²) < 4.78 is 16.7. The van der Waals surface area contributed by atoms with Crippen molar-refractivity contribution in [3.8, 4) is 0 Å². The normalized spacial score (nSPS) is 12.6. The molecule has 6 heteroatoms. The minimum Gasteiger partial charge on any atom is -0.462 e. The molecule has 6 nitrogen and oxygen atoms in total. The Bertz CT molecular complexity index is 1180. The zero-order chi connectivity index (χ0) is 45.1. The van der Waals surface area contributed by atoms with Crippen molar-refractivity contribution < 1.29 is 28.6 Å². The summed E-state index contributed by atoms with van der Waals surface area (Å²) >= 11 is 0. The first-order valence-corrected chi connectivity index (χ1v) is 26.0. The number of unbranched alkanes of at least 4 members (excludes halogenated alkanes) is 27. The monoisotopic (exact) mass is 865 g/mol. The minimum absolute atomic E-state index is 0.0951. The molecular weight excluding hydrogens is 769 g/mol. The first-order chi connectivity index (χ1) is 30.5. The fourth-order valence-corrected chi connectivity index (χ4v) is 7.15. The fraction of sp³-hybridized carbons (Fsp3) is 0.732. The van der Waals surface area contributed by atoms with Crippen LogP contribution in [-0.4, -0.2) is 37.2 Å². The lowest BCUT2D eigenvalue weighted by Crippen LogP contribution is -2.30. The number of hydrogen-bond acceptors (Lipinski definition) is 6. The molecule has 0 saturated carbocycles. The Kier molecular flexibility index (Phi) is 47.9. The van der Waals surface area contributed by atoms with Crippen molar-refractivity contribution in [2.75, 3.05) is 13.2 Å². The maximum absolute atomic E-state index is 12.8. The van der Waals surface area contributed by atoms with Gasteiger partial charge < -0.3 is 14.2 Å². The molecule has 0 aromatic carbocycles. The van der Waals surface area contributed by atoms with Gasteiger partial charge in [0, 0.05) is 19.3 Å². The summed E-state index contributed by atoms with van der Waals surface area (Å²) in [7, 11) is 0. The van der Waals surface area contributed by atoms with Crippen LogP contribution in [0.2, 0.25) is 0 Å². The molecule has 0 radical (unpaired) electrons. The molecular formula is C56H96O6. The molecule has 1 atom stereocenters. The third-order valence-electron chi connectivity index (χ3n) is 11.1. The van der Waals surface area contributed by atoms with Crippen molar-refractivity contribution in [1.82, 2.24) is 0 Å². The summed E-state index contributed by atoms with van der Waals surface area (Å²) in [6.07, 6.45) is 63.1. The van der Waals surface area contributed by atoms with Gasteiger partial charge in [0.05, 0.1) is 0 Å². The average Bonchev–Trinajstić information content (AvgIpc) is 3.27. The zero-order valence-corrected chi connectivity index (χ0v) is 40.6. The van der Waals surface area contributed by atoms with Crippen molar-refractivity contribution in [2.24, 2.45) is 0 Å². The molecule has 0 aliphatic heterocycles. The van der Waals surface area contributed by atoms with E-state index in [4.69, 9.17) is 14.2 Å². The van der Waals surface area contributed by atoms with Crippen LogP contribution in [0, 0.1) is 0 Å². The van der Waals surface area contributed by atoms with Crippen LogP contribution in [0.5, 0.6) is 0 Å². The number of allylic oxidation sites excluding steroid dienone is 12. The molecule has 0 spiro atoms. The number of esters is 3. The summed E-state index contributed by atoms with van der Waals surface area (Å²) in [5, 5.41) is 0. The highest BCUT2D eigenvalue weighted by Crippen LogP contribution is 2.15. The van der Waals surface area contributed by atoms with Gasteiger partial charge in [0.15, 0.2) is 6.10 Å². The molecule has 0 aromatic heterocycles. The van der Waals surface area contributed by atoms with Crippen LogP contribution in [0.3, 0.4) is 0 Å². The van der Waals surface area contributed by atoms with E-state index in [-0.39, 0.29) is 37.5 Å². The van der Waals surface area contributed by atoms with Crippen LogP contribution in [0.15, 0.2) is 72.9 Å². The Hall–Kier alpha value is -3.15. The van der Waals surface area contributed by atoms with Crippen molar-refractivity contribution in [2.45, 2.75) is 252 Å². The quantitative estimate of drug-likeness (QED) is 0.0262. The van der Waals surface area contributed by atoms with Gasteiger partial charge in [-0.3, -0.25) is 14.4 Å². The Balaban J connectivity index is 4.43. The highest BCUT2D eigenvalue weighted by molar-refractivity contribution is 5.71. The highest BCUT2D eigenvalue weighted by Gasteiger charge is 2.19. The molecule has 0 saturated heterocycles. The molecule has 1 unspecified atom stereocenters. The van der Waals surface area contributed by atoms with E-state index in [1.165, 1.54) is 116 Å². The standard InChI is InChI=1S/C56H96O6/c1-4-7-10-13-16-19-22-25-26-27-28-29-32-34-37-40-43-46-49-55(58)61-52-53(62-56(59)50-47-44-41-38-35-31-24-21-18-15-12-9-6-3)51-60-54(57)48-45-42-39-36-33-30-23-20-17-14-11-8-5-2/h9,12,15,18,21,24,26-29,31,35,53H,4-8,10-11,13-14,16-17,19-20,22-23,25,30,32-34,36-52H2,1-3H3/b12-9-,18-15-,24-21-,27-26-,29-28-,35-31-. The largest absolute Gasteiger partial charge is 0.462 e. The van der Waals surface area contributed by atoms with Crippen LogP contribution < -0.4 is 0 Å². The van der Waals surface area contributed by atoms with Gasteiger partial charge in [-0.25, -0.2) is 0 Å². The second-order valence-corrected chi connectivity index (χ2v) is 17.2. The molecule has 0 bridgehead atoms. The van der Waals surface area contributed by atoms with Crippen molar-refractivity contribution in [3.63, 3.8) is 0 Å². The molecule has 356 valence electrons. The maximum atomic E-state index is 12.8. The molecule has 0 aliphatic rings. The lowest BCUT2D eigenvalue weighted by atomic mass is 10.0. The van der Waals surface area contributed by atoms with Gasteiger partial charge in [-0.15, -0.1) is 0 Å². The predicted octanol–water partition coefficient (Wildman–Crippen LogP) is 17.0. The maximum Gasteiger partial charge on any atom is 0.306 e. The van der Waals surface area contributed by atoms with E-state index in [1.807, 2.05) is 36.5 Å². The lowest BCUT2D eigenvalue weighted by molar-refractivity contribution is -0.167. The predicted molar refractivity (Wildman–Crippen MR) is 265 cm³/mol. The molecule has 0 fully saturated rings. The topological polar surface area (TPSA) is 78.9 Å². The molecule has 0 rings (SSSR count). The highest BCUT2D eigenvalue weighted by atomic mass is 16.6. The Morgan fingerprint density at radius 3 is 1.02 bits per heavy atom. The van der Waals surface area contributed by atoms with Gasteiger partial charge in [-0.1, -0.05) is 235 Å². The van der Waals surface area contributed by atoms with E-state index >= 15 is 0 Å². The first-order valence-electron chi connectivity index (χ1n) is 26.0. The van der Waals surface area contributed by atoms with Crippen LogP contribution in [0.4, 0.5) is 0 Å². The van der Waals surface area contributed by atoms with Gasteiger partial charge in [0.1, 0.15) is 13.2 Å². The van der Waals surface area contributed by atoms with Crippen LogP contribution in [-0.2, 0) is 28.6 Å². The number of carbonyl (C=O) groups is 3. The summed E-state index contributed by atoms with van der Waals surface area (Å²) in [5.74, 6) is -0.948. The van der Waals surface area contributed by atoms with E-state index in [0.717, 1.165) is 83.5 Å². The van der Waals surface area contributed by atoms with Crippen LogP contribution >= 0.6 is 0 Å². The summed E-state index contributed by atoms with van der Waals surface area (Å²) in [4.78, 5) is 37.9. The van der Waals surface area contributed by atoms with E-state index in [2.05, 4.69) is 57.2 Å². The van der Waals surface area contributed by atoms with Gasteiger partial charge in [0.2, 0.25) is 0 Å². The molecule has 0 amide bonds. The third kappa shape index (κ3) is 47.9. The number of rotatable bonds is 46.